The van der Waals surface area contributed by atoms with Crippen LogP contribution in [0.1, 0.15) is 11.7 Å². The highest BCUT2D eigenvalue weighted by atomic mass is 79.9. The zero-order valence-electron chi connectivity index (χ0n) is 9.95. The number of hydrogen-bond acceptors (Lipinski definition) is 2. The molecule has 5 heteroatoms. The molecular formula is C14H12BrClFNO. The minimum Gasteiger partial charge on any atom is -0.484 e. The van der Waals surface area contributed by atoms with Gasteiger partial charge in [-0.15, -0.1) is 0 Å². The highest BCUT2D eigenvalue weighted by Crippen LogP contribution is 2.28. The summed E-state index contributed by atoms with van der Waals surface area (Å²) < 4.78 is 19.5. The van der Waals surface area contributed by atoms with E-state index >= 15 is 0 Å². The van der Waals surface area contributed by atoms with Gasteiger partial charge in [0.15, 0.2) is 0 Å². The monoisotopic (exact) mass is 343 g/mol. The van der Waals surface area contributed by atoms with Crippen LogP contribution in [0, 0.1) is 5.82 Å². The van der Waals surface area contributed by atoms with E-state index in [1.165, 1.54) is 6.07 Å². The van der Waals surface area contributed by atoms with Gasteiger partial charge in [0.25, 0.3) is 0 Å². The van der Waals surface area contributed by atoms with Gasteiger partial charge in [-0.3, -0.25) is 0 Å². The van der Waals surface area contributed by atoms with Crippen molar-refractivity contribution in [3.05, 3.63) is 63.3 Å². The Balaban J connectivity index is 2.24. The molecule has 2 nitrogen and oxygen atoms in total. The molecule has 0 saturated heterocycles. The van der Waals surface area contributed by atoms with Gasteiger partial charge < -0.3 is 10.5 Å². The van der Waals surface area contributed by atoms with Crippen molar-refractivity contribution in [3.63, 3.8) is 0 Å². The number of benzene rings is 2. The van der Waals surface area contributed by atoms with Crippen LogP contribution in [0.4, 0.5) is 4.39 Å². The number of nitrogens with two attached hydrogens (primary N) is 1. The van der Waals surface area contributed by atoms with Gasteiger partial charge in [0.05, 0.1) is 4.47 Å². The quantitative estimate of drug-likeness (QED) is 0.896. The number of ether oxygens (including phenoxy) is 1. The average molecular weight is 345 g/mol. The molecule has 2 aromatic carbocycles. The highest BCUT2D eigenvalue weighted by molar-refractivity contribution is 9.10. The smallest absolute Gasteiger partial charge is 0.141 e. The number of halogens is 3. The zero-order chi connectivity index (χ0) is 13.8. The molecule has 1 unspecified atom stereocenters. The molecular weight excluding hydrogens is 333 g/mol. The van der Waals surface area contributed by atoms with Crippen LogP contribution < -0.4 is 10.5 Å². The fraction of sp³-hybridized carbons (Fsp3) is 0.143. The van der Waals surface area contributed by atoms with Gasteiger partial charge in [0.2, 0.25) is 0 Å². The van der Waals surface area contributed by atoms with E-state index in [4.69, 9.17) is 22.1 Å². The van der Waals surface area contributed by atoms with Crippen LogP contribution in [-0.2, 0) is 0 Å². The van der Waals surface area contributed by atoms with Crippen molar-refractivity contribution in [2.24, 2.45) is 5.73 Å². The first-order valence-corrected chi connectivity index (χ1v) is 6.85. The SMILES string of the molecule is NCC(Oc1ccc(Br)c(F)c1)c1ccccc1Cl. The van der Waals surface area contributed by atoms with E-state index in [1.807, 2.05) is 18.2 Å². The van der Waals surface area contributed by atoms with Gasteiger partial charge in [-0.1, -0.05) is 29.8 Å². The third-order valence-corrected chi connectivity index (χ3v) is 3.62. The standard InChI is InChI=1S/C14H12BrClFNO/c15-11-6-5-9(7-13(11)17)19-14(8-18)10-3-1-2-4-12(10)16/h1-7,14H,8,18H2. The van der Waals surface area contributed by atoms with Crippen LogP contribution >= 0.6 is 27.5 Å². The lowest BCUT2D eigenvalue weighted by atomic mass is 10.1. The van der Waals surface area contributed by atoms with E-state index in [1.54, 1.807) is 18.2 Å². The highest BCUT2D eigenvalue weighted by Gasteiger charge is 2.15. The van der Waals surface area contributed by atoms with Crippen molar-refractivity contribution in [1.82, 2.24) is 0 Å². The van der Waals surface area contributed by atoms with Gasteiger partial charge in [-0.25, -0.2) is 4.39 Å². The zero-order valence-corrected chi connectivity index (χ0v) is 12.3. The molecule has 0 saturated carbocycles. The van der Waals surface area contributed by atoms with Crippen molar-refractivity contribution in [2.45, 2.75) is 6.10 Å². The second-order valence-electron chi connectivity index (χ2n) is 3.94. The van der Waals surface area contributed by atoms with Gasteiger partial charge in [-0.05, 0) is 34.1 Å². The Morgan fingerprint density at radius 2 is 2.00 bits per heavy atom. The summed E-state index contributed by atoms with van der Waals surface area (Å²) in [5.41, 5.74) is 6.49. The first-order valence-electron chi connectivity index (χ1n) is 5.68. The predicted octanol–water partition coefficient (Wildman–Crippen LogP) is 4.32. The molecule has 0 aromatic heterocycles. The fourth-order valence-corrected chi connectivity index (χ4v) is 2.19. The molecule has 1 atom stereocenters. The lowest BCUT2D eigenvalue weighted by Gasteiger charge is -2.19. The molecule has 0 aliphatic rings. The molecule has 2 aromatic rings. The maximum Gasteiger partial charge on any atom is 0.141 e. The van der Waals surface area contributed by atoms with Crippen molar-refractivity contribution in [3.8, 4) is 5.75 Å². The normalized spacial score (nSPS) is 12.2. The summed E-state index contributed by atoms with van der Waals surface area (Å²) in [4.78, 5) is 0. The molecule has 2 rings (SSSR count). The Labute approximate surface area is 124 Å². The van der Waals surface area contributed by atoms with Gasteiger partial charge in [0.1, 0.15) is 17.7 Å². The Bertz CT molecular complexity index is 579. The summed E-state index contributed by atoms with van der Waals surface area (Å²) in [5.74, 6) is 0.0310. The van der Waals surface area contributed by atoms with E-state index in [-0.39, 0.29) is 12.4 Å². The molecule has 0 fully saturated rings. The Morgan fingerprint density at radius 1 is 1.26 bits per heavy atom. The minimum absolute atomic E-state index is 0.251. The predicted molar refractivity (Wildman–Crippen MR) is 78.0 cm³/mol. The summed E-state index contributed by atoms with van der Waals surface area (Å²) in [7, 11) is 0. The molecule has 0 aliphatic carbocycles. The van der Waals surface area contributed by atoms with Crippen molar-refractivity contribution < 1.29 is 9.13 Å². The van der Waals surface area contributed by atoms with Crippen molar-refractivity contribution >= 4 is 27.5 Å². The Hall–Kier alpha value is -1.10. The molecule has 100 valence electrons. The van der Waals surface area contributed by atoms with E-state index < -0.39 is 6.10 Å². The van der Waals surface area contributed by atoms with Crippen LogP contribution in [0.5, 0.6) is 5.75 Å². The topological polar surface area (TPSA) is 35.2 Å². The average Bonchev–Trinajstić information content (AvgIpc) is 2.41. The van der Waals surface area contributed by atoms with Gasteiger partial charge in [0, 0.05) is 23.2 Å². The first kappa shape index (κ1) is 14.3. The summed E-state index contributed by atoms with van der Waals surface area (Å²) >= 11 is 9.20. The maximum atomic E-state index is 13.4. The van der Waals surface area contributed by atoms with Crippen molar-refractivity contribution in [2.75, 3.05) is 6.54 Å². The molecule has 0 amide bonds. The molecule has 0 bridgehead atoms. The first-order chi connectivity index (χ1) is 9.11. The molecule has 0 radical (unpaired) electrons. The van der Waals surface area contributed by atoms with E-state index in [0.29, 0.717) is 15.2 Å². The van der Waals surface area contributed by atoms with Crippen LogP contribution in [0.15, 0.2) is 46.9 Å². The number of hydrogen-bond donors (Lipinski definition) is 1. The number of rotatable bonds is 4. The largest absolute Gasteiger partial charge is 0.484 e. The lowest BCUT2D eigenvalue weighted by Crippen LogP contribution is -2.18. The van der Waals surface area contributed by atoms with Crippen LogP contribution in [0.2, 0.25) is 5.02 Å². The van der Waals surface area contributed by atoms with E-state index in [2.05, 4.69) is 15.9 Å². The molecule has 0 aliphatic heterocycles. The Kier molecular flexibility index (Phi) is 4.80. The van der Waals surface area contributed by atoms with Gasteiger partial charge in [-0.2, -0.15) is 0 Å². The summed E-state index contributed by atoms with van der Waals surface area (Å²) in [6.07, 6.45) is -0.408. The summed E-state index contributed by atoms with van der Waals surface area (Å²) in [6, 6.07) is 11.9. The molecule has 19 heavy (non-hydrogen) atoms. The third kappa shape index (κ3) is 3.47. The van der Waals surface area contributed by atoms with Crippen LogP contribution in [-0.4, -0.2) is 6.54 Å². The third-order valence-electron chi connectivity index (χ3n) is 2.64. The minimum atomic E-state index is -0.408. The van der Waals surface area contributed by atoms with Crippen LogP contribution in [0.25, 0.3) is 0 Å². The summed E-state index contributed by atoms with van der Waals surface area (Å²) in [5, 5.41) is 0.579. The van der Waals surface area contributed by atoms with Crippen molar-refractivity contribution in [1.29, 1.82) is 0 Å². The van der Waals surface area contributed by atoms with E-state index in [9.17, 15) is 4.39 Å². The second kappa shape index (κ2) is 6.37. The van der Waals surface area contributed by atoms with Gasteiger partial charge >= 0.3 is 0 Å². The summed E-state index contributed by atoms with van der Waals surface area (Å²) in [6.45, 7) is 0.251. The second-order valence-corrected chi connectivity index (χ2v) is 5.20. The fourth-order valence-electron chi connectivity index (χ4n) is 1.69. The van der Waals surface area contributed by atoms with E-state index in [0.717, 1.165) is 5.56 Å². The molecule has 2 N–H and O–H groups in total. The van der Waals surface area contributed by atoms with Crippen LogP contribution in [0.3, 0.4) is 0 Å². The molecule has 0 heterocycles. The lowest BCUT2D eigenvalue weighted by molar-refractivity contribution is 0.213. The Morgan fingerprint density at radius 3 is 2.63 bits per heavy atom. The maximum absolute atomic E-state index is 13.4. The molecule has 0 spiro atoms.